The minimum atomic E-state index is -4.40. The molecule has 3 aromatic heterocycles. The largest absolute Gasteiger partial charge is 0.463 e. The van der Waals surface area contributed by atoms with E-state index in [1.807, 2.05) is 37.6 Å². The quantitative estimate of drug-likeness (QED) is 0.507. The van der Waals surface area contributed by atoms with E-state index in [2.05, 4.69) is 15.1 Å². The molecule has 0 bridgehead atoms. The Morgan fingerprint density at radius 1 is 1.07 bits per heavy atom. The molecule has 0 fully saturated rings. The lowest BCUT2D eigenvalue weighted by Crippen LogP contribution is -2.24. The highest BCUT2D eigenvalue weighted by atomic mass is 19.4. The van der Waals surface area contributed by atoms with E-state index >= 15 is 0 Å². The fourth-order valence-electron chi connectivity index (χ4n) is 2.92. The molecule has 0 aliphatic carbocycles. The number of rotatable bonds is 2. The summed E-state index contributed by atoms with van der Waals surface area (Å²) in [5.74, 6) is 1.05. The maximum atomic E-state index is 12.9. The zero-order valence-electron chi connectivity index (χ0n) is 14.9. The number of fused-ring (bicyclic) bond motifs is 1. The Kier molecular flexibility index (Phi) is 3.69. The number of halogens is 3. The molecule has 1 N–H and O–H groups in total. The van der Waals surface area contributed by atoms with Gasteiger partial charge in [-0.15, -0.1) is 0 Å². The van der Waals surface area contributed by atoms with E-state index in [0.29, 0.717) is 28.3 Å². The zero-order valence-corrected chi connectivity index (χ0v) is 14.9. The summed E-state index contributed by atoms with van der Waals surface area (Å²) >= 11 is 0. The first kappa shape index (κ1) is 17.4. The lowest BCUT2D eigenvalue weighted by molar-refractivity contribution is -0.137. The molecule has 3 heterocycles. The summed E-state index contributed by atoms with van der Waals surface area (Å²) in [6, 6.07) is 8.86. The molecule has 0 saturated carbocycles. The number of H-pyrrole nitrogens is 1. The number of imidazole rings is 1. The van der Waals surface area contributed by atoms with Crippen LogP contribution in [0, 0.1) is 0 Å². The van der Waals surface area contributed by atoms with Crippen LogP contribution in [-0.2, 0) is 11.7 Å². The minimum absolute atomic E-state index is 0.310. The number of aromatic nitrogens is 4. The highest BCUT2D eigenvalue weighted by molar-refractivity contribution is 5.80. The average molecular weight is 374 g/mol. The summed E-state index contributed by atoms with van der Waals surface area (Å²) in [4.78, 5) is 7.34. The van der Waals surface area contributed by atoms with Crippen molar-refractivity contribution in [2.45, 2.75) is 32.5 Å². The average Bonchev–Trinajstić information content (AvgIpc) is 3.29. The van der Waals surface area contributed by atoms with Crippen LogP contribution >= 0.6 is 0 Å². The van der Waals surface area contributed by atoms with Gasteiger partial charge < -0.3 is 9.40 Å². The number of nitrogens with zero attached hydrogens (tertiary/aromatic N) is 3. The second-order valence-electron chi connectivity index (χ2n) is 7.29. The molecule has 0 spiro atoms. The monoisotopic (exact) mass is 374 g/mol. The summed E-state index contributed by atoms with van der Waals surface area (Å²) in [6.07, 6.45) is -2.82. The Hall–Kier alpha value is -3.03. The van der Waals surface area contributed by atoms with Crippen LogP contribution < -0.4 is 0 Å². The van der Waals surface area contributed by atoms with Crippen LogP contribution in [0.25, 0.3) is 34.0 Å². The molecule has 0 aliphatic heterocycles. The van der Waals surface area contributed by atoms with E-state index in [9.17, 15) is 13.2 Å². The molecule has 8 heteroatoms. The summed E-state index contributed by atoms with van der Waals surface area (Å²) < 4.78 is 46.1. The maximum Gasteiger partial charge on any atom is 0.416 e. The van der Waals surface area contributed by atoms with Crippen molar-refractivity contribution in [1.82, 2.24) is 19.7 Å². The molecule has 0 unspecified atom stereocenters. The Morgan fingerprint density at radius 2 is 1.85 bits per heavy atom. The number of aromatic amines is 1. The Labute approximate surface area is 152 Å². The minimum Gasteiger partial charge on any atom is -0.463 e. The molecule has 4 aromatic rings. The lowest BCUT2D eigenvalue weighted by atomic mass is 10.1. The SMILES string of the molecule is CC(C)(C)n1nc(-c2nc3ccc(C(F)(F)F)cc3[nH]2)cc1-c1ccco1. The van der Waals surface area contributed by atoms with Crippen molar-refractivity contribution in [2.75, 3.05) is 0 Å². The highest BCUT2D eigenvalue weighted by Gasteiger charge is 2.31. The summed E-state index contributed by atoms with van der Waals surface area (Å²) in [5.41, 5.74) is 1.00. The fraction of sp³-hybridized carbons (Fsp3) is 0.263. The standard InChI is InChI=1S/C19H17F3N4O/c1-18(2,3)26-15(16-5-4-8-27-16)10-14(25-26)17-23-12-7-6-11(19(20,21)22)9-13(12)24-17/h4-10H,1-3H3,(H,23,24). The third-order valence-electron chi connectivity index (χ3n) is 4.17. The summed E-state index contributed by atoms with van der Waals surface area (Å²) in [5, 5.41) is 4.61. The number of hydrogen-bond acceptors (Lipinski definition) is 3. The molecular formula is C19H17F3N4O. The molecule has 0 aliphatic rings. The van der Waals surface area contributed by atoms with Gasteiger partial charge in [0.25, 0.3) is 0 Å². The molecule has 27 heavy (non-hydrogen) atoms. The Bertz CT molecular complexity index is 1100. The molecule has 1 aromatic carbocycles. The molecule has 0 radical (unpaired) electrons. The molecule has 4 rings (SSSR count). The van der Waals surface area contributed by atoms with Crippen molar-refractivity contribution in [3.8, 4) is 23.0 Å². The molecule has 0 atom stereocenters. The lowest BCUT2D eigenvalue weighted by Gasteiger charge is -2.21. The molecule has 140 valence electrons. The van der Waals surface area contributed by atoms with E-state index in [1.54, 1.807) is 12.3 Å². The predicted molar refractivity (Wildman–Crippen MR) is 95.0 cm³/mol. The van der Waals surface area contributed by atoms with Crippen molar-refractivity contribution in [1.29, 1.82) is 0 Å². The van der Waals surface area contributed by atoms with Crippen LogP contribution in [0.15, 0.2) is 47.1 Å². The Balaban J connectivity index is 1.84. The third kappa shape index (κ3) is 3.11. The molecule has 0 saturated heterocycles. The van der Waals surface area contributed by atoms with Crippen LogP contribution in [-0.4, -0.2) is 19.7 Å². The third-order valence-corrected chi connectivity index (χ3v) is 4.17. The molecule has 5 nitrogen and oxygen atoms in total. The van der Waals surface area contributed by atoms with E-state index in [-0.39, 0.29) is 5.54 Å². The number of hydrogen-bond donors (Lipinski definition) is 1. The number of benzene rings is 1. The first-order valence-corrected chi connectivity index (χ1v) is 8.35. The first-order chi connectivity index (χ1) is 12.6. The smallest absolute Gasteiger partial charge is 0.416 e. The van der Waals surface area contributed by atoms with Crippen LogP contribution in [0.3, 0.4) is 0 Å². The molecular weight excluding hydrogens is 357 g/mol. The van der Waals surface area contributed by atoms with Gasteiger partial charge in [-0.2, -0.15) is 18.3 Å². The van der Waals surface area contributed by atoms with Gasteiger partial charge in [-0.25, -0.2) is 4.98 Å². The van der Waals surface area contributed by atoms with Crippen molar-refractivity contribution >= 4 is 11.0 Å². The van der Waals surface area contributed by atoms with Crippen LogP contribution in [0.2, 0.25) is 0 Å². The van der Waals surface area contributed by atoms with Gasteiger partial charge in [0.1, 0.15) is 11.4 Å². The van der Waals surface area contributed by atoms with Gasteiger partial charge in [0.05, 0.1) is 28.4 Å². The number of alkyl halides is 3. The van der Waals surface area contributed by atoms with E-state index in [1.165, 1.54) is 6.07 Å². The maximum absolute atomic E-state index is 12.9. The van der Waals surface area contributed by atoms with Crippen molar-refractivity contribution in [3.05, 3.63) is 48.2 Å². The van der Waals surface area contributed by atoms with Crippen LogP contribution in [0.5, 0.6) is 0 Å². The van der Waals surface area contributed by atoms with Gasteiger partial charge in [-0.1, -0.05) is 0 Å². The van der Waals surface area contributed by atoms with Gasteiger partial charge in [0, 0.05) is 0 Å². The summed E-state index contributed by atoms with van der Waals surface area (Å²) in [7, 11) is 0. The highest BCUT2D eigenvalue weighted by Crippen LogP contribution is 2.33. The van der Waals surface area contributed by atoms with Gasteiger partial charge in [-0.3, -0.25) is 4.68 Å². The van der Waals surface area contributed by atoms with Crippen molar-refractivity contribution in [2.24, 2.45) is 0 Å². The van der Waals surface area contributed by atoms with Gasteiger partial charge in [-0.05, 0) is 57.2 Å². The zero-order chi connectivity index (χ0) is 19.4. The topological polar surface area (TPSA) is 59.6 Å². The van der Waals surface area contributed by atoms with E-state index in [4.69, 9.17) is 4.42 Å². The van der Waals surface area contributed by atoms with Crippen molar-refractivity contribution in [3.63, 3.8) is 0 Å². The van der Waals surface area contributed by atoms with Gasteiger partial charge in [0.2, 0.25) is 0 Å². The van der Waals surface area contributed by atoms with Crippen LogP contribution in [0.1, 0.15) is 26.3 Å². The second-order valence-corrected chi connectivity index (χ2v) is 7.29. The van der Waals surface area contributed by atoms with Crippen molar-refractivity contribution < 1.29 is 17.6 Å². The first-order valence-electron chi connectivity index (χ1n) is 8.35. The number of furan rings is 1. The van der Waals surface area contributed by atoms with Gasteiger partial charge in [0.15, 0.2) is 11.6 Å². The molecule has 0 amide bonds. The second kappa shape index (κ2) is 5.73. The normalized spacial score (nSPS) is 12.8. The summed E-state index contributed by atoms with van der Waals surface area (Å²) in [6.45, 7) is 6.01. The van der Waals surface area contributed by atoms with Gasteiger partial charge >= 0.3 is 6.18 Å². The predicted octanol–water partition coefficient (Wildman–Crippen LogP) is 5.46. The Morgan fingerprint density at radius 3 is 2.48 bits per heavy atom. The number of nitrogens with one attached hydrogen (secondary N) is 1. The van der Waals surface area contributed by atoms with Crippen LogP contribution in [0.4, 0.5) is 13.2 Å². The van der Waals surface area contributed by atoms with E-state index in [0.717, 1.165) is 17.8 Å². The van der Waals surface area contributed by atoms with E-state index < -0.39 is 11.7 Å². The fourth-order valence-corrected chi connectivity index (χ4v) is 2.92.